The molecule has 3 unspecified atom stereocenters. The number of nitrogens with zero attached hydrogens (tertiary/aromatic N) is 1. The number of amides is 3. The minimum absolute atomic E-state index is 0.0380. The van der Waals surface area contributed by atoms with Crippen molar-refractivity contribution in [2.24, 2.45) is 17.6 Å². The molecule has 3 amide bonds. The zero-order valence-electron chi connectivity index (χ0n) is 14.2. The summed E-state index contributed by atoms with van der Waals surface area (Å²) in [6, 6.07) is 8.97. The van der Waals surface area contributed by atoms with Gasteiger partial charge in [-0.15, -0.1) is 0 Å². The number of carbonyl (C=O) groups is 3. The molecule has 2 rings (SSSR count). The second-order valence-electron chi connectivity index (χ2n) is 6.44. The maximum atomic E-state index is 12.4. The number of rotatable bonds is 7. The number of nitrogens with two attached hydrogens (primary N) is 1. The van der Waals surface area contributed by atoms with Crippen LogP contribution < -0.4 is 11.1 Å². The molecule has 0 aromatic heterocycles. The van der Waals surface area contributed by atoms with Gasteiger partial charge in [-0.2, -0.15) is 0 Å². The SMILES string of the molecule is CCC(C)C(NC(=O)C1CC(=O)N(Cc2ccccc2)C1)C(N)=O. The van der Waals surface area contributed by atoms with Gasteiger partial charge in [0, 0.05) is 19.5 Å². The van der Waals surface area contributed by atoms with Crippen LogP contribution in [0, 0.1) is 11.8 Å². The van der Waals surface area contributed by atoms with Crippen molar-refractivity contribution in [3.8, 4) is 0 Å². The van der Waals surface area contributed by atoms with Gasteiger partial charge in [0.15, 0.2) is 0 Å². The van der Waals surface area contributed by atoms with Crippen LogP contribution >= 0.6 is 0 Å². The van der Waals surface area contributed by atoms with Gasteiger partial charge in [-0.1, -0.05) is 50.6 Å². The maximum absolute atomic E-state index is 12.4. The third-order valence-electron chi connectivity index (χ3n) is 4.62. The van der Waals surface area contributed by atoms with Crippen LogP contribution in [0.3, 0.4) is 0 Å². The first-order valence-corrected chi connectivity index (χ1v) is 8.33. The lowest BCUT2D eigenvalue weighted by molar-refractivity contribution is -0.131. The predicted octanol–water partition coefficient (Wildman–Crippen LogP) is 1.05. The van der Waals surface area contributed by atoms with E-state index in [0.717, 1.165) is 12.0 Å². The highest BCUT2D eigenvalue weighted by Gasteiger charge is 2.36. The van der Waals surface area contributed by atoms with Crippen LogP contribution in [-0.2, 0) is 20.9 Å². The first-order chi connectivity index (χ1) is 11.4. The Balaban J connectivity index is 1.96. The van der Waals surface area contributed by atoms with E-state index in [1.165, 1.54) is 0 Å². The van der Waals surface area contributed by atoms with E-state index in [9.17, 15) is 14.4 Å². The molecule has 1 aromatic rings. The molecular formula is C18H25N3O3. The summed E-state index contributed by atoms with van der Waals surface area (Å²) in [6.07, 6.45) is 0.905. The average molecular weight is 331 g/mol. The van der Waals surface area contributed by atoms with Gasteiger partial charge in [0.05, 0.1) is 5.92 Å². The highest BCUT2D eigenvalue weighted by atomic mass is 16.2. The van der Waals surface area contributed by atoms with Gasteiger partial charge in [-0.05, 0) is 11.5 Å². The second kappa shape index (κ2) is 7.95. The van der Waals surface area contributed by atoms with Crippen molar-refractivity contribution in [2.45, 2.75) is 39.3 Å². The molecule has 0 radical (unpaired) electrons. The van der Waals surface area contributed by atoms with Crippen LogP contribution in [0.1, 0.15) is 32.3 Å². The molecule has 1 aromatic carbocycles. The zero-order chi connectivity index (χ0) is 17.7. The van der Waals surface area contributed by atoms with E-state index in [1.54, 1.807) is 4.90 Å². The average Bonchev–Trinajstić information content (AvgIpc) is 2.93. The van der Waals surface area contributed by atoms with Crippen molar-refractivity contribution in [3.63, 3.8) is 0 Å². The van der Waals surface area contributed by atoms with E-state index >= 15 is 0 Å². The normalized spacial score (nSPS) is 19.8. The van der Waals surface area contributed by atoms with Crippen molar-refractivity contribution < 1.29 is 14.4 Å². The van der Waals surface area contributed by atoms with Gasteiger partial charge in [-0.3, -0.25) is 14.4 Å². The molecular weight excluding hydrogens is 306 g/mol. The van der Waals surface area contributed by atoms with E-state index < -0.39 is 17.9 Å². The predicted molar refractivity (Wildman–Crippen MR) is 90.5 cm³/mol. The number of hydrogen-bond acceptors (Lipinski definition) is 3. The summed E-state index contributed by atoms with van der Waals surface area (Å²) < 4.78 is 0. The standard InChI is InChI=1S/C18H25N3O3/c1-3-12(2)16(17(19)23)20-18(24)14-9-15(22)21(11-14)10-13-7-5-4-6-8-13/h4-8,12,14,16H,3,9-11H2,1-2H3,(H2,19,23)(H,20,24). The Morgan fingerprint density at radius 3 is 2.58 bits per heavy atom. The van der Waals surface area contributed by atoms with Gasteiger partial charge < -0.3 is 16.0 Å². The smallest absolute Gasteiger partial charge is 0.240 e. The highest BCUT2D eigenvalue weighted by molar-refractivity contribution is 5.92. The Bertz CT molecular complexity index is 603. The van der Waals surface area contributed by atoms with Crippen LogP contribution in [0.5, 0.6) is 0 Å². The van der Waals surface area contributed by atoms with Crippen LogP contribution in [0.2, 0.25) is 0 Å². The Morgan fingerprint density at radius 2 is 2.00 bits per heavy atom. The first-order valence-electron chi connectivity index (χ1n) is 8.33. The van der Waals surface area contributed by atoms with E-state index in [1.807, 2.05) is 44.2 Å². The summed E-state index contributed by atoms with van der Waals surface area (Å²) >= 11 is 0. The van der Waals surface area contributed by atoms with Gasteiger partial charge in [0.25, 0.3) is 0 Å². The van der Waals surface area contributed by atoms with E-state index in [2.05, 4.69) is 5.32 Å². The topological polar surface area (TPSA) is 92.5 Å². The summed E-state index contributed by atoms with van der Waals surface area (Å²) in [5, 5.41) is 2.72. The van der Waals surface area contributed by atoms with E-state index in [-0.39, 0.29) is 24.2 Å². The van der Waals surface area contributed by atoms with Crippen molar-refractivity contribution >= 4 is 17.7 Å². The van der Waals surface area contributed by atoms with Crippen molar-refractivity contribution in [2.75, 3.05) is 6.54 Å². The van der Waals surface area contributed by atoms with Crippen LogP contribution in [0.25, 0.3) is 0 Å². The maximum Gasteiger partial charge on any atom is 0.240 e. The quantitative estimate of drug-likeness (QED) is 0.782. The van der Waals surface area contributed by atoms with Crippen LogP contribution in [0.4, 0.5) is 0 Å². The molecule has 0 spiro atoms. The molecule has 1 aliphatic rings. The van der Waals surface area contributed by atoms with Gasteiger partial charge in [0.1, 0.15) is 6.04 Å². The molecule has 24 heavy (non-hydrogen) atoms. The van der Waals surface area contributed by atoms with Crippen molar-refractivity contribution in [3.05, 3.63) is 35.9 Å². The number of carbonyl (C=O) groups excluding carboxylic acids is 3. The van der Waals surface area contributed by atoms with E-state index in [0.29, 0.717) is 13.1 Å². The molecule has 3 atom stereocenters. The first kappa shape index (κ1) is 18.0. The fourth-order valence-corrected chi connectivity index (χ4v) is 2.91. The number of hydrogen-bond donors (Lipinski definition) is 2. The fraction of sp³-hybridized carbons (Fsp3) is 0.500. The Labute approximate surface area is 142 Å². The molecule has 1 fully saturated rings. The largest absolute Gasteiger partial charge is 0.368 e. The molecule has 1 heterocycles. The third kappa shape index (κ3) is 4.34. The number of benzene rings is 1. The lowest BCUT2D eigenvalue weighted by Crippen LogP contribution is -2.50. The zero-order valence-corrected chi connectivity index (χ0v) is 14.2. The summed E-state index contributed by atoms with van der Waals surface area (Å²) in [5.74, 6) is -1.33. The molecule has 0 bridgehead atoms. The molecule has 6 nitrogen and oxygen atoms in total. The van der Waals surface area contributed by atoms with Crippen LogP contribution in [-0.4, -0.2) is 35.2 Å². The molecule has 1 saturated heterocycles. The number of likely N-dealkylation sites (tertiary alicyclic amines) is 1. The van der Waals surface area contributed by atoms with Gasteiger partial charge >= 0.3 is 0 Å². The fourth-order valence-electron chi connectivity index (χ4n) is 2.91. The number of primary amides is 1. The van der Waals surface area contributed by atoms with Gasteiger partial charge in [0.2, 0.25) is 17.7 Å². The molecule has 0 aliphatic carbocycles. The minimum Gasteiger partial charge on any atom is -0.368 e. The highest BCUT2D eigenvalue weighted by Crippen LogP contribution is 2.21. The monoisotopic (exact) mass is 331 g/mol. The molecule has 1 aliphatic heterocycles. The Hall–Kier alpha value is -2.37. The van der Waals surface area contributed by atoms with Crippen LogP contribution in [0.15, 0.2) is 30.3 Å². The van der Waals surface area contributed by atoms with Gasteiger partial charge in [-0.25, -0.2) is 0 Å². The Morgan fingerprint density at radius 1 is 1.33 bits per heavy atom. The number of nitrogens with one attached hydrogen (secondary N) is 1. The summed E-state index contributed by atoms with van der Waals surface area (Å²) in [4.78, 5) is 37.8. The Kier molecular flexibility index (Phi) is 5.95. The molecule has 3 N–H and O–H groups in total. The molecule has 6 heteroatoms. The van der Waals surface area contributed by atoms with Crippen molar-refractivity contribution in [1.82, 2.24) is 10.2 Å². The molecule has 0 saturated carbocycles. The van der Waals surface area contributed by atoms with E-state index in [4.69, 9.17) is 5.73 Å². The summed E-state index contributed by atoms with van der Waals surface area (Å²) in [6.45, 7) is 4.67. The summed E-state index contributed by atoms with van der Waals surface area (Å²) in [5.41, 5.74) is 6.42. The van der Waals surface area contributed by atoms with Crippen molar-refractivity contribution in [1.29, 1.82) is 0 Å². The lowest BCUT2D eigenvalue weighted by Gasteiger charge is -2.23. The summed E-state index contributed by atoms with van der Waals surface area (Å²) in [7, 11) is 0. The third-order valence-corrected chi connectivity index (χ3v) is 4.62. The lowest BCUT2D eigenvalue weighted by atomic mass is 9.97. The molecule has 130 valence electrons. The second-order valence-corrected chi connectivity index (χ2v) is 6.44. The minimum atomic E-state index is -0.694.